The van der Waals surface area contributed by atoms with Crippen molar-refractivity contribution in [3.8, 4) is 0 Å². The van der Waals surface area contributed by atoms with Gasteiger partial charge in [0, 0.05) is 15.8 Å². The second-order valence-electron chi connectivity index (χ2n) is 5.15. The van der Waals surface area contributed by atoms with Gasteiger partial charge in [-0.3, -0.25) is 9.59 Å². The van der Waals surface area contributed by atoms with Gasteiger partial charge in [0.05, 0.1) is 11.5 Å². The third kappa shape index (κ3) is 6.37. The first-order valence-electron chi connectivity index (χ1n) is 7.59. The molecule has 0 unspecified atom stereocenters. The molecule has 0 heterocycles. The Kier molecular flexibility index (Phi) is 7.34. The van der Waals surface area contributed by atoms with Crippen LogP contribution in [0, 0.1) is 0 Å². The predicted molar refractivity (Wildman–Crippen MR) is 105 cm³/mol. The molecule has 2 rings (SSSR count). The summed E-state index contributed by atoms with van der Waals surface area (Å²) in [6.07, 6.45) is 0.970. The van der Waals surface area contributed by atoms with E-state index < -0.39 is 0 Å². The summed E-state index contributed by atoms with van der Waals surface area (Å²) in [5.41, 5.74) is 2.74. The van der Waals surface area contributed by atoms with E-state index in [0.717, 1.165) is 22.3 Å². The summed E-state index contributed by atoms with van der Waals surface area (Å²) in [5, 5.41) is 5.62. The topological polar surface area (TPSA) is 58.2 Å². The molecule has 0 saturated carbocycles. The highest BCUT2D eigenvalue weighted by atomic mass is 79.9. The van der Waals surface area contributed by atoms with E-state index in [2.05, 4.69) is 33.5 Å². The van der Waals surface area contributed by atoms with Crippen molar-refractivity contribution >= 4 is 50.9 Å². The summed E-state index contributed by atoms with van der Waals surface area (Å²) in [6.45, 7) is 2.09. The highest BCUT2D eigenvalue weighted by Crippen LogP contribution is 2.15. The summed E-state index contributed by atoms with van der Waals surface area (Å²) < 4.78 is 0.957. The second kappa shape index (κ2) is 9.49. The molecule has 24 heavy (non-hydrogen) atoms. The molecule has 0 aromatic heterocycles. The van der Waals surface area contributed by atoms with Crippen LogP contribution in [0.3, 0.4) is 0 Å². The molecule has 4 nitrogen and oxygen atoms in total. The molecule has 2 N–H and O–H groups in total. The number of carbonyl (C=O) groups excluding carboxylic acids is 2. The molecular weight excluding hydrogens is 388 g/mol. The minimum absolute atomic E-state index is 0.110. The summed E-state index contributed by atoms with van der Waals surface area (Å²) in [4.78, 5) is 23.7. The molecule has 0 aliphatic rings. The highest BCUT2D eigenvalue weighted by molar-refractivity contribution is 9.10. The lowest BCUT2D eigenvalue weighted by Crippen LogP contribution is -2.18. The molecule has 0 bridgehead atoms. The van der Waals surface area contributed by atoms with E-state index in [9.17, 15) is 9.59 Å². The van der Waals surface area contributed by atoms with Gasteiger partial charge >= 0.3 is 0 Å². The Bertz CT molecular complexity index is 687. The van der Waals surface area contributed by atoms with Gasteiger partial charge in [-0.1, -0.05) is 35.0 Å². The fourth-order valence-corrected chi connectivity index (χ4v) is 2.87. The van der Waals surface area contributed by atoms with Crippen molar-refractivity contribution in [2.24, 2.45) is 0 Å². The van der Waals surface area contributed by atoms with Crippen LogP contribution in [0.5, 0.6) is 0 Å². The fraction of sp³-hybridized carbons (Fsp3) is 0.222. The van der Waals surface area contributed by atoms with Crippen LogP contribution in [0.1, 0.15) is 12.5 Å². The minimum atomic E-state index is -0.123. The Morgan fingerprint density at radius 1 is 0.875 bits per heavy atom. The van der Waals surface area contributed by atoms with E-state index in [1.54, 1.807) is 0 Å². The average molecular weight is 407 g/mol. The quantitative estimate of drug-likeness (QED) is 0.719. The van der Waals surface area contributed by atoms with Crippen molar-refractivity contribution in [2.75, 3.05) is 22.1 Å². The molecule has 0 aliphatic carbocycles. The largest absolute Gasteiger partial charge is 0.325 e. The Morgan fingerprint density at radius 2 is 1.33 bits per heavy atom. The van der Waals surface area contributed by atoms with Crippen LogP contribution in [0.4, 0.5) is 11.4 Å². The van der Waals surface area contributed by atoms with Crippen LogP contribution in [0.2, 0.25) is 0 Å². The van der Waals surface area contributed by atoms with Crippen molar-refractivity contribution in [3.05, 3.63) is 58.6 Å². The lowest BCUT2D eigenvalue weighted by Gasteiger charge is -2.07. The zero-order valence-corrected chi connectivity index (χ0v) is 15.7. The van der Waals surface area contributed by atoms with Crippen LogP contribution in [0.25, 0.3) is 0 Å². The number of thioether (sulfide) groups is 1. The van der Waals surface area contributed by atoms with Crippen molar-refractivity contribution < 1.29 is 9.59 Å². The molecule has 6 heteroatoms. The molecule has 0 spiro atoms. The van der Waals surface area contributed by atoms with Crippen LogP contribution in [-0.2, 0) is 16.0 Å². The SMILES string of the molecule is CCc1ccc(NC(=O)CSCC(=O)Nc2ccc(Br)cc2)cc1. The zero-order chi connectivity index (χ0) is 17.4. The third-order valence-electron chi connectivity index (χ3n) is 3.24. The zero-order valence-electron chi connectivity index (χ0n) is 13.3. The van der Waals surface area contributed by atoms with Crippen molar-refractivity contribution in [1.29, 1.82) is 0 Å². The second-order valence-corrected chi connectivity index (χ2v) is 7.05. The maximum absolute atomic E-state index is 11.9. The van der Waals surface area contributed by atoms with Crippen LogP contribution in [0.15, 0.2) is 53.0 Å². The summed E-state index contributed by atoms with van der Waals surface area (Å²) in [5.74, 6) is 0.241. The average Bonchev–Trinajstić information content (AvgIpc) is 2.57. The van der Waals surface area contributed by atoms with E-state index in [1.807, 2.05) is 48.5 Å². The monoisotopic (exact) mass is 406 g/mol. The van der Waals surface area contributed by atoms with Gasteiger partial charge in [-0.25, -0.2) is 0 Å². The number of amides is 2. The molecule has 0 saturated heterocycles. The molecule has 0 fully saturated rings. The molecule has 2 aromatic rings. The number of benzene rings is 2. The van der Waals surface area contributed by atoms with Gasteiger partial charge in [0.15, 0.2) is 0 Å². The van der Waals surface area contributed by atoms with Crippen LogP contribution >= 0.6 is 27.7 Å². The first kappa shape index (κ1) is 18.5. The van der Waals surface area contributed by atoms with Gasteiger partial charge in [0.25, 0.3) is 0 Å². The lowest BCUT2D eigenvalue weighted by atomic mass is 10.1. The number of hydrogen-bond donors (Lipinski definition) is 2. The van der Waals surface area contributed by atoms with Crippen molar-refractivity contribution in [1.82, 2.24) is 0 Å². The normalized spacial score (nSPS) is 10.2. The van der Waals surface area contributed by atoms with Gasteiger partial charge < -0.3 is 10.6 Å². The van der Waals surface area contributed by atoms with Gasteiger partial charge in [-0.2, -0.15) is 0 Å². The van der Waals surface area contributed by atoms with E-state index in [4.69, 9.17) is 0 Å². The van der Waals surface area contributed by atoms with Crippen LogP contribution < -0.4 is 10.6 Å². The Hall–Kier alpha value is -1.79. The minimum Gasteiger partial charge on any atom is -0.325 e. The summed E-state index contributed by atoms with van der Waals surface area (Å²) in [6, 6.07) is 15.1. The molecule has 0 radical (unpaired) electrons. The van der Waals surface area contributed by atoms with Crippen molar-refractivity contribution in [2.45, 2.75) is 13.3 Å². The summed E-state index contributed by atoms with van der Waals surface area (Å²) >= 11 is 4.63. The van der Waals surface area contributed by atoms with Crippen molar-refractivity contribution in [3.63, 3.8) is 0 Å². The standard InChI is InChI=1S/C18H19BrN2O2S/c1-2-13-3-7-15(8-4-13)20-17(22)11-24-12-18(23)21-16-9-5-14(19)6-10-16/h3-10H,2,11-12H2,1H3,(H,20,22)(H,21,23). The van der Waals surface area contributed by atoms with Gasteiger partial charge in [0.2, 0.25) is 11.8 Å². The molecule has 2 aromatic carbocycles. The highest BCUT2D eigenvalue weighted by Gasteiger charge is 2.06. The number of nitrogens with one attached hydrogen (secondary N) is 2. The number of hydrogen-bond acceptors (Lipinski definition) is 3. The molecule has 2 amide bonds. The van der Waals surface area contributed by atoms with Gasteiger partial charge in [-0.15, -0.1) is 11.8 Å². The molecular formula is C18H19BrN2O2S. The smallest absolute Gasteiger partial charge is 0.234 e. The maximum Gasteiger partial charge on any atom is 0.234 e. The fourth-order valence-electron chi connectivity index (χ4n) is 1.99. The number of carbonyl (C=O) groups is 2. The summed E-state index contributed by atoms with van der Waals surface area (Å²) in [7, 11) is 0. The Morgan fingerprint density at radius 3 is 1.79 bits per heavy atom. The number of aryl methyl sites for hydroxylation is 1. The number of anilines is 2. The number of rotatable bonds is 7. The first-order valence-corrected chi connectivity index (χ1v) is 9.53. The first-order chi connectivity index (χ1) is 11.6. The molecule has 0 atom stereocenters. The van der Waals surface area contributed by atoms with E-state index in [-0.39, 0.29) is 23.3 Å². The number of halogens is 1. The van der Waals surface area contributed by atoms with Gasteiger partial charge in [-0.05, 0) is 48.4 Å². The maximum atomic E-state index is 11.9. The van der Waals surface area contributed by atoms with Crippen LogP contribution in [-0.4, -0.2) is 23.3 Å². The predicted octanol–water partition coefficient (Wildman–Crippen LogP) is 4.32. The lowest BCUT2D eigenvalue weighted by molar-refractivity contribution is -0.114. The third-order valence-corrected chi connectivity index (χ3v) is 4.70. The molecule has 126 valence electrons. The Labute approximate surface area is 154 Å². The van der Waals surface area contributed by atoms with E-state index in [1.165, 1.54) is 17.3 Å². The van der Waals surface area contributed by atoms with Gasteiger partial charge in [0.1, 0.15) is 0 Å². The Balaban J connectivity index is 1.69. The molecule has 0 aliphatic heterocycles. The van der Waals surface area contributed by atoms with E-state index in [0.29, 0.717) is 0 Å². The van der Waals surface area contributed by atoms with E-state index >= 15 is 0 Å².